The van der Waals surface area contributed by atoms with E-state index in [1.54, 1.807) is 18.3 Å². The number of benzene rings is 1. The molecule has 3 aliphatic rings. The van der Waals surface area contributed by atoms with Gasteiger partial charge in [0.05, 0.1) is 5.92 Å². The summed E-state index contributed by atoms with van der Waals surface area (Å²) in [6.45, 7) is 4.99. The van der Waals surface area contributed by atoms with Gasteiger partial charge in [-0.1, -0.05) is 31.0 Å². The van der Waals surface area contributed by atoms with E-state index in [2.05, 4.69) is 20.1 Å². The summed E-state index contributed by atoms with van der Waals surface area (Å²) >= 11 is 0. The topological polar surface area (TPSA) is 68.8 Å². The number of rotatable bonds is 4. The monoisotopic (exact) mass is 507 g/mol. The predicted octanol–water partition coefficient (Wildman–Crippen LogP) is 3.46. The van der Waals surface area contributed by atoms with Crippen LogP contribution in [-0.4, -0.2) is 71.9 Å². The van der Waals surface area contributed by atoms with Crippen LogP contribution in [0.5, 0.6) is 0 Å². The number of pyridine rings is 1. The summed E-state index contributed by atoms with van der Waals surface area (Å²) in [6, 6.07) is 12.6. The third-order valence-corrected chi connectivity index (χ3v) is 8.19. The number of nitrogens with zero attached hydrogens (tertiary/aromatic N) is 4. The van der Waals surface area contributed by atoms with Gasteiger partial charge in [-0.25, -0.2) is 9.37 Å². The molecule has 3 atom stereocenters. The summed E-state index contributed by atoms with van der Waals surface area (Å²) in [5, 5.41) is 3.14. The van der Waals surface area contributed by atoms with Crippen LogP contribution in [0, 0.1) is 17.7 Å². The third-order valence-electron chi connectivity index (χ3n) is 8.19. The molecule has 1 aromatic carbocycles. The lowest BCUT2D eigenvalue weighted by molar-refractivity contribution is -0.135. The molecule has 1 aromatic heterocycles. The molecule has 8 heteroatoms. The number of amides is 2. The summed E-state index contributed by atoms with van der Waals surface area (Å²) < 4.78 is 13.9. The van der Waals surface area contributed by atoms with Crippen molar-refractivity contribution in [3.8, 4) is 0 Å². The van der Waals surface area contributed by atoms with Crippen molar-refractivity contribution in [1.29, 1.82) is 0 Å². The molecule has 1 N–H and O–H groups in total. The summed E-state index contributed by atoms with van der Waals surface area (Å²) in [7, 11) is 0. The van der Waals surface area contributed by atoms with Crippen LogP contribution in [0.25, 0.3) is 0 Å². The first kappa shape index (κ1) is 25.6. The van der Waals surface area contributed by atoms with Gasteiger partial charge in [0, 0.05) is 57.4 Å². The van der Waals surface area contributed by atoms with Gasteiger partial charge in [0.2, 0.25) is 11.8 Å². The van der Waals surface area contributed by atoms with Gasteiger partial charge < -0.3 is 15.1 Å². The number of hydrogen-bond donors (Lipinski definition) is 1. The van der Waals surface area contributed by atoms with Crippen LogP contribution in [0.1, 0.15) is 44.1 Å². The van der Waals surface area contributed by atoms with E-state index >= 15 is 0 Å². The first-order valence-electron chi connectivity index (χ1n) is 13.8. The van der Waals surface area contributed by atoms with Gasteiger partial charge in [-0.2, -0.15) is 0 Å². The molecule has 37 heavy (non-hydrogen) atoms. The fourth-order valence-electron chi connectivity index (χ4n) is 6.23. The summed E-state index contributed by atoms with van der Waals surface area (Å²) in [5.41, 5.74) is 0.912. The van der Waals surface area contributed by atoms with E-state index in [4.69, 9.17) is 0 Å². The highest BCUT2D eigenvalue weighted by Crippen LogP contribution is 2.37. The number of anilines is 1. The highest BCUT2D eigenvalue weighted by molar-refractivity contribution is 5.84. The van der Waals surface area contributed by atoms with E-state index in [1.807, 2.05) is 29.2 Å². The smallest absolute Gasteiger partial charge is 0.225 e. The lowest BCUT2D eigenvalue weighted by Crippen LogP contribution is -2.50. The fraction of sp³-hybridized carbons (Fsp3) is 0.552. The highest BCUT2D eigenvalue weighted by Gasteiger charge is 2.45. The zero-order valence-corrected chi connectivity index (χ0v) is 21.5. The Morgan fingerprint density at radius 2 is 1.81 bits per heavy atom. The molecule has 3 heterocycles. The van der Waals surface area contributed by atoms with Gasteiger partial charge in [-0.05, 0) is 62.1 Å². The Morgan fingerprint density at radius 3 is 2.59 bits per heavy atom. The molecular weight excluding hydrogens is 469 g/mol. The summed E-state index contributed by atoms with van der Waals surface area (Å²) in [6.07, 6.45) is 7.27. The molecule has 5 rings (SSSR count). The van der Waals surface area contributed by atoms with Crippen LogP contribution in [0.15, 0.2) is 48.7 Å². The highest BCUT2D eigenvalue weighted by atomic mass is 19.1. The molecule has 2 amide bonds. The van der Waals surface area contributed by atoms with E-state index in [0.717, 1.165) is 56.7 Å². The Labute approximate surface area is 219 Å². The second-order valence-electron chi connectivity index (χ2n) is 10.6. The number of piperazine rings is 1. The lowest BCUT2D eigenvalue weighted by Gasteiger charge is -2.36. The molecule has 1 aliphatic carbocycles. The largest absolute Gasteiger partial charge is 0.356 e. The number of hydrogen-bond acceptors (Lipinski definition) is 5. The van der Waals surface area contributed by atoms with Crippen LogP contribution in [0.4, 0.5) is 10.2 Å². The fourth-order valence-corrected chi connectivity index (χ4v) is 6.23. The van der Waals surface area contributed by atoms with E-state index < -0.39 is 0 Å². The molecule has 198 valence electrons. The Hall–Kier alpha value is -3.00. The van der Waals surface area contributed by atoms with Crippen LogP contribution in [0.3, 0.4) is 0 Å². The molecule has 2 aliphatic heterocycles. The van der Waals surface area contributed by atoms with Crippen molar-refractivity contribution < 1.29 is 14.0 Å². The Morgan fingerprint density at radius 1 is 0.973 bits per heavy atom. The van der Waals surface area contributed by atoms with E-state index in [-0.39, 0.29) is 35.5 Å². The maximum absolute atomic E-state index is 13.9. The van der Waals surface area contributed by atoms with Crippen molar-refractivity contribution in [2.75, 3.05) is 44.2 Å². The van der Waals surface area contributed by atoms with Crippen LogP contribution in [-0.2, 0) is 16.1 Å². The quantitative estimate of drug-likeness (QED) is 0.687. The number of carbonyl (C=O) groups excluding carboxylic acids is 2. The number of carbonyl (C=O) groups is 2. The van der Waals surface area contributed by atoms with Gasteiger partial charge in [-0.15, -0.1) is 0 Å². The first-order valence-corrected chi connectivity index (χ1v) is 13.8. The van der Waals surface area contributed by atoms with Crippen molar-refractivity contribution >= 4 is 17.6 Å². The zero-order valence-electron chi connectivity index (χ0n) is 21.5. The van der Waals surface area contributed by atoms with E-state index in [0.29, 0.717) is 39.0 Å². The average Bonchev–Trinajstić information content (AvgIpc) is 3.36. The molecule has 2 aromatic rings. The molecule has 0 radical (unpaired) electrons. The minimum Gasteiger partial charge on any atom is -0.356 e. The van der Waals surface area contributed by atoms with Gasteiger partial charge in [0.1, 0.15) is 11.6 Å². The van der Waals surface area contributed by atoms with Crippen molar-refractivity contribution in [3.63, 3.8) is 0 Å². The van der Waals surface area contributed by atoms with Gasteiger partial charge in [0.15, 0.2) is 0 Å². The molecule has 2 saturated heterocycles. The number of aromatic nitrogens is 1. The zero-order chi connectivity index (χ0) is 25.6. The van der Waals surface area contributed by atoms with Gasteiger partial charge in [-0.3, -0.25) is 14.5 Å². The first-order chi connectivity index (χ1) is 18.1. The average molecular weight is 508 g/mol. The van der Waals surface area contributed by atoms with Crippen LogP contribution >= 0.6 is 0 Å². The van der Waals surface area contributed by atoms with Gasteiger partial charge in [0.25, 0.3) is 0 Å². The van der Waals surface area contributed by atoms with Crippen molar-refractivity contribution in [3.05, 3.63) is 60.0 Å². The van der Waals surface area contributed by atoms with Crippen molar-refractivity contribution in [2.45, 2.75) is 51.1 Å². The number of halogens is 1. The molecule has 0 unspecified atom stereocenters. The number of fused-ring (bicyclic) bond motifs is 1. The lowest BCUT2D eigenvalue weighted by atomic mass is 9.99. The number of nitrogens with one attached hydrogen (secondary N) is 1. The summed E-state index contributed by atoms with van der Waals surface area (Å²) in [4.78, 5) is 37.9. The maximum Gasteiger partial charge on any atom is 0.225 e. The van der Waals surface area contributed by atoms with Crippen molar-refractivity contribution in [2.24, 2.45) is 11.8 Å². The second kappa shape index (κ2) is 12.0. The maximum atomic E-state index is 13.9. The minimum absolute atomic E-state index is 0.0230. The van der Waals surface area contributed by atoms with Crippen LogP contribution < -0.4 is 10.2 Å². The summed E-state index contributed by atoms with van der Waals surface area (Å²) in [5.74, 6) is 0.538. The third kappa shape index (κ3) is 6.29. The predicted molar refractivity (Wildman–Crippen MR) is 141 cm³/mol. The van der Waals surface area contributed by atoms with E-state index in [9.17, 15) is 14.0 Å². The van der Waals surface area contributed by atoms with Crippen molar-refractivity contribution in [1.82, 2.24) is 20.1 Å². The molecule has 0 bridgehead atoms. The standard InChI is InChI=1S/C29H38FN5O2/c30-24-9-7-8-22(18-24)21-35-13-6-2-1-4-12-32-28(36)25-19-23(20-26(25)35)29(37)34-16-14-33(15-17-34)27-10-3-5-11-31-27/h3,5,7-11,18,23,25-26H,1-2,4,6,12-17,19-21H2,(H,32,36)/t23-,25-,26+/m1/s1. The Kier molecular flexibility index (Phi) is 8.34. The molecule has 0 spiro atoms. The SMILES string of the molecule is O=C1NCCCCCCN(Cc2cccc(F)c2)[C@H]2C[C@H](C(=O)N3CCN(c4ccccn4)CC3)C[C@@H]12. The molecule has 3 fully saturated rings. The van der Waals surface area contributed by atoms with Crippen LogP contribution in [0.2, 0.25) is 0 Å². The van der Waals surface area contributed by atoms with Gasteiger partial charge >= 0.3 is 0 Å². The molecule has 7 nitrogen and oxygen atoms in total. The van der Waals surface area contributed by atoms with E-state index in [1.165, 1.54) is 6.07 Å². The minimum atomic E-state index is -0.242. The molecular formula is C29H38FN5O2. The normalized spacial score (nSPS) is 25.8. The second-order valence-corrected chi connectivity index (χ2v) is 10.6. The Bertz CT molecular complexity index is 1060. The Balaban J connectivity index is 1.29. The molecule has 1 saturated carbocycles.